The molecule has 21 heavy (non-hydrogen) atoms. The molecule has 3 nitrogen and oxygen atoms in total. The average Bonchev–Trinajstić information content (AvgIpc) is 2.70. The number of nitriles is 1. The lowest BCUT2D eigenvalue weighted by Gasteiger charge is -2.20. The molecule has 3 heteroatoms. The Kier molecular flexibility index (Phi) is 4.20. The smallest absolute Gasteiger partial charge is 0.102 e. The summed E-state index contributed by atoms with van der Waals surface area (Å²) in [5, 5.41) is 9.44. The molecule has 1 aromatic carbocycles. The van der Waals surface area contributed by atoms with Crippen LogP contribution in [0.1, 0.15) is 35.5 Å². The van der Waals surface area contributed by atoms with Gasteiger partial charge in [0.25, 0.3) is 0 Å². The van der Waals surface area contributed by atoms with Crippen molar-refractivity contribution in [1.29, 1.82) is 5.26 Å². The van der Waals surface area contributed by atoms with Crippen LogP contribution in [0.2, 0.25) is 0 Å². The molecule has 1 unspecified atom stereocenters. The fourth-order valence-corrected chi connectivity index (χ4v) is 2.67. The molecule has 0 fully saturated rings. The van der Waals surface area contributed by atoms with E-state index < -0.39 is 0 Å². The Morgan fingerprint density at radius 3 is 2.14 bits per heavy atom. The molecule has 0 saturated carbocycles. The lowest BCUT2D eigenvalue weighted by atomic mass is 9.98. The zero-order valence-corrected chi connectivity index (χ0v) is 13.7. The van der Waals surface area contributed by atoms with Crippen LogP contribution >= 0.6 is 0 Å². The van der Waals surface area contributed by atoms with Crippen molar-refractivity contribution < 1.29 is 0 Å². The van der Waals surface area contributed by atoms with Crippen LogP contribution < -0.4 is 0 Å². The third kappa shape index (κ3) is 2.59. The summed E-state index contributed by atoms with van der Waals surface area (Å²) in [7, 11) is 6.17. The topological polar surface area (TPSA) is 32.0 Å². The van der Waals surface area contributed by atoms with Crippen molar-refractivity contribution in [1.82, 2.24) is 9.47 Å². The summed E-state index contributed by atoms with van der Waals surface area (Å²) in [5.41, 5.74) is 6.40. The summed E-state index contributed by atoms with van der Waals surface area (Å²) >= 11 is 0. The zero-order valence-electron chi connectivity index (χ0n) is 13.7. The summed E-state index contributed by atoms with van der Waals surface area (Å²) in [6.45, 7) is 6.25. The lowest BCUT2D eigenvalue weighted by Crippen LogP contribution is -2.16. The molecule has 0 saturated heterocycles. The van der Waals surface area contributed by atoms with Crippen LogP contribution in [0, 0.1) is 25.2 Å². The highest BCUT2D eigenvalue weighted by atomic mass is 15.1. The first-order chi connectivity index (χ1) is 9.88. The van der Waals surface area contributed by atoms with Crippen LogP contribution in [0.3, 0.4) is 0 Å². The van der Waals surface area contributed by atoms with E-state index in [1.165, 1.54) is 5.56 Å². The maximum atomic E-state index is 9.44. The van der Waals surface area contributed by atoms with Gasteiger partial charge in [-0.05, 0) is 46.0 Å². The van der Waals surface area contributed by atoms with Crippen LogP contribution in [-0.4, -0.2) is 23.6 Å². The quantitative estimate of drug-likeness (QED) is 0.857. The number of nitrogens with zero attached hydrogens (tertiary/aromatic N) is 3. The fraction of sp³-hybridized carbons (Fsp3) is 0.389. The van der Waals surface area contributed by atoms with Gasteiger partial charge in [0, 0.05) is 30.0 Å². The second-order valence-electron chi connectivity index (χ2n) is 5.85. The highest BCUT2D eigenvalue weighted by Crippen LogP contribution is 2.32. The second-order valence-corrected chi connectivity index (χ2v) is 5.85. The Morgan fingerprint density at radius 2 is 1.67 bits per heavy atom. The standard InChI is InChI=1S/C18H23N3/c1-12(20(4)5)15-7-9-16(10-8-15)18-14(3)21(6)13(2)17(18)11-19/h7-10,12H,1-6H3. The number of rotatable bonds is 3. The zero-order chi connectivity index (χ0) is 15.7. The van der Waals surface area contributed by atoms with Crippen LogP contribution in [0.4, 0.5) is 0 Å². The van der Waals surface area contributed by atoms with Crippen molar-refractivity contribution in [3.8, 4) is 17.2 Å². The highest BCUT2D eigenvalue weighted by molar-refractivity contribution is 5.75. The van der Waals surface area contributed by atoms with Crippen molar-refractivity contribution >= 4 is 0 Å². The summed E-state index contributed by atoms with van der Waals surface area (Å²) in [5.74, 6) is 0. The van der Waals surface area contributed by atoms with Gasteiger partial charge in [-0.1, -0.05) is 24.3 Å². The van der Waals surface area contributed by atoms with Gasteiger partial charge in [-0.3, -0.25) is 0 Å². The van der Waals surface area contributed by atoms with Crippen molar-refractivity contribution in [3.63, 3.8) is 0 Å². The normalized spacial score (nSPS) is 12.5. The first kappa shape index (κ1) is 15.3. The number of benzene rings is 1. The third-order valence-corrected chi connectivity index (χ3v) is 4.55. The van der Waals surface area contributed by atoms with Gasteiger partial charge in [0.2, 0.25) is 0 Å². The van der Waals surface area contributed by atoms with E-state index in [1.807, 2.05) is 14.0 Å². The van der Waals surface area contributed by atoms with Gasteiger partial charge in [0.15, 0.2) is 0 Å². The lowest BCUT2D eigenvalue weighted by molar-refractivity contribution is 0.321. The molecule has 2 aromatic rings. The number of hydrogen-bond donors (Lipinski definition) is 0. The van der Waals surface area contributed by atoms with Gasteiger partial charge < -0.3 is 9.47 Å². The van der Waals surface area contributed by atoms with Crippen molar-refractivity contribution in [2.75, 3.05) is 14.1 Å². The first-order valence-electron chi connectivity index (χ1n) is 7.21. The molecule has 0 aliphatic rings. The molecule has 0 bridgehead atoms. The Hall–Kier alpha value is -2.05. The summed E-state index contributed by atoms with van der Waals surface area (Å²) in [6, 6.07) is 11.3. The summed E-state index contributed by atoms with van der Waals surface area (Å²) in [4.78, 5) is 2.19. The molecule has 2 rings (SSSR count). The van der Waals surface area contributed by atoms with Gasteiger partial charge in [-0.2, -0.15) is 5.26 Å². The van der Waals surface area contributed by atoms with Gasteiger partial charge >= 0.3 is 0 Å². The molecule has 0 spiro atoms. The summed E-state index contributed by atoms with van der Waals surface area (Å²) in [6.07, 6.45) is 0. The number of hydrogen-bond acceptors (Lipinski definition) is 2. The first-order valence-corrected chi connectivity index (χ1v) is 7.21. The Morgan fingerprint density at radius 1 is 1.10 bits per heavy atom. The highest BCUT2D eigenvalue weighted by Gasteiger charge is 2.17. The van der Waals surface area contributed by atoms with E-state index in [9.17, 15) is 5.26 Å². The minimum Gasteiger partial charge on any atom is -0.350 e. The molecule has 110 valence electrons. The minimum atomic E-state index is 0.382. The Balaban J connectivity index is 2.50. The van der Waals surface area contributed by atoms with E-state index in [-0.39, 0.29) is 0 Å². The fourth-order valence-electron chi connectivity index (χ4n) is 2.67. The van der Waals surface area contributed by atoms with Gasteiger partial charge in [-0.25, -0.2) is 0 Å². The SMILES string of the molecule is Cc1c(C#N)c(-c2ccc(C(C)N(C)C)cc2)c(C)n1C. The third-order valence-electron chi connectivity index (χ3n) is 4.55. The average molecular weight is 281 g/mol. The predicted molar refractivity (Wildman–Crippen MR) is 87.1 cm³/mol. The van der Waals surface area contributed by atoms with Crippen LogP contribution in [0.15, 0.2) is 24.3 Å². The molecule has 1 heterocycles. The van der Waals surface area contributed by atoms with Crippen molar-refractivity contribution in [3.05, 3.63) is 46.8 Å². The molecule has 1 aromatic heterocycles. The van der Waals surface area contributed by atoms with Crippen molar-refractivity contribution in [2.24, 2.45) is 7.05 Å². The Labute approximate surface area is 127 Å². The van der Waals surface area contributed by atoms with Crippen molar-refractivity contribution in [2.45, 2.75) is 26.8 Å². The maximum Gasteiger partial charge on any atom is 0.102 e. The molecule has 0 aliphatic heterocycles. The molecule has 0 amide bonds. The molecule has 1 atom stereocenters. The summed E-state index contributed by atoms with van der Waals surface area (Å²) < 4.78 is 2.09. The van der Waals surface area contributed by atoms with Crippen LogP contribution in [0.5, 0.6) is 0 Å². The maximum absolute atomic E-state index is 9.44. The second kappa shape index (κ2) is 5.75. The largest absolute Gasteiger partial charge is 0.350 e. The molecule has 0 aliphatic carbocycles. The van der Waals surface area contributed by atoms with Gasteiger partial charge in [0.05, 0.1) is 5.56 Å². The van der Waals surface area contributed by atoms with E-state index >= 15 is 0 Å². The van der Waals surface area contributed by atoms with Gasteiger partial charge in [0.1, 0.15) is 6.07 Å². The van der Waals surface area contributed by atoms with Crippen LogP contribution in [-0.2, 0) is 7.05 Å². The molecular weight excluding hydrogens is 258 g/mol. The van der Waals surface area contributed by atoms with E-state index in [0.717, 1.165) is 28.1 Å². The van der Waals surface area contributed by atoms with E-state index in [4.69, 9.17) is 0 Å². The van der Waals surface area contributed by atoms with E-state index in [0.29, 0.717) is 6.04 Å². The Bertz CT molecular complexity index is 685. The molecular formula is C18H23N3. The predicted octanol–water partition coefficient (Wildman–Crippen LogP) is 3.80. The van der Waals surface area contributed by atoms with E-state index in [2.05, 4.69) is 67.7 Å². The minimum absolute atomic E-state index is 0.382. The van der Waals surface area contributed by atoms with E-state index in [1.54, 1.807) is 0 Å². The number of aromatic nitrogens is 1. The molecule has 0 N–H and O–H groups in total. The molecule has 0 radical (unpaired) electrons. The van der Waals surface area contributed by atoms with Gasteiger partial charge in [-0.15, -0.1) is 0 Å². The van der Waals surface area contributed by atoms with Crippen LogP contribution in [0.25, 0.3) is 11.1 Å². The monoisotopic (exact) mass is 281 g/mol.